The Labute approximate surface area is 127 Å². The van der Waals surface area contributed by atoms with Gasteiger partial charge >= 0.3 is 0 Å². The maximum absolute atomic E-state index is 5.66. The average molecular weight is 290 g/mol. The third kappa shape index (κ3) is 3.07. The molecule has 0 aliphatic carbocycles. The molecule has 2 aliphatic heterocycles. The summed E-state index contributed by atoms with van der Waals surface area (Å²) in [7, 11) is 3.98. The largest absolute Gasteiger partial charge is 0.496 e. The molecule has 3 rings (SSSR count). The van der Waals surface area contributed by atoms with E-state index in [0.29, 0.717) is 6.04 Å². The Morgan fingerprint density at radius 3 is 2.71 bits per heavy atom. The molecule has 0 aromatic heterocycles. The Balaban J connectivity index is 1.86. The molecule has 21 heavy (non-hydrogen) atoms. The molecule has 0 radical (unpaired) electrons. The van der Waals surface area contributed by atoms with Crippen molar-refractivity contribution >= 4 is 0 Å². The summed E-state index contributed by atoms with van der Waals surface area (Å²) in [6.45, 7) is 8.09. The summed E-state index contributed by atoms with van der Waals surface area (Å²) in [5.41, 5.74) is 4.23. The monoisotopic (exact) mass is 290 g/mol. The van der Waals surface area contributed by atoms with Crippen molar-refractivity contribution in [3.05, 3.63) is 28.8 Å². The highest BCUT2D eigenvalue weighted by Gasteiger charge is 2.23. The highest BCUT2D eigenvalue weighted by molar-refractivity contribution is 5.45. The van der Waals surface area contributed by atoms with Crippen LogP contribution in [0.3, 0.4) is 0 Å². The van der Waals surface area contributed by atoms with E-state index in [9.17, 15) is 0 Å². The Morgan fingerprint density at radius 2 is 2.00 bits per heavy atom. The highest BCUT2D eigenvalue weighted by atomic mass is 16.5. The van der Waals surface area contributed by atoms with Gasteiger partial charge in [0.15, 0.2) is 0 Å². The molecule has 4 heteroatoms. The molecule has 2 heterocycles. The van der Waals surface area contributed by atoms with Crippen LogP contribution in [-0.2, 0) is 17.7 Å². The first-order chi connectivity index (χ1) is 10.2. The van der Waals surface area contributed by atoms with E-state index in [1.165, 1.54) is 16.7 Å². The second-order valence-electron chi connectivity index (χ2n) is 6.16. The lowest BCUT2D eigenvalue weighted by Crippen LogP contribution is -2.36. The number of nitrogens with zero attached hydrogens (tertiary/aromatic N) is 2. The van der Waals surface area contributed by atoms with Gasteiger partial charge in [0, 0.05) is 37.8 Å². The molecule has 2 aliphatic rings. The predicted octanol–water partition coefficient (Wildman–Crippen LogP) is 2.08. The van der Waals surface area contributed by atoms with Crippen molar-refractivity contribution in [2.75, 3.05) is 47.0 Å². The fourth-order valence-electron chi connectivity index (χ4n) is 3.34. The Bertz CT molecular complexity index is 498. The van der Waals surface area contributed by atoms with Crippen LogP contribution >= 0.6 is 0 Å². The Morgan fingerprint density at radius 1 is 1.24 bits per heavy atom. The van der Waals surface area contributed by atoms with E-state index in [1.807, 2.05) is 0 Å². The maximum atomic E-state index is 5.66. The zero-order valence-electron chi connectivity index (χ0n) is 13.4. The Hall–Kier alpha value is -1.10. The lowest BCUT2D eigenvalue weighted by Gasteiger charge is -2.33. The summed E-state index contributed by atoms with van der Waals surface area (Å²) in [6, 6.07) is 5.10. The molecule has 0 amide bonds. The van der Waals surface area contributed by atoms with Gasteiger partial charge < -0.3 is 9.47 Å². The van der Waals surface area contributed by atoms with Gasteiger partial charge in [0.1, 0.15) is 5.75 Å². The standard InChI is InChI=1S/C17H26N2O2/c1-13-16-11-17(20-3)15(10-14(16)4-5-18(13)2)12-19-6-8-21-9-7-19/h10-11,13H,4-9,12H2,1-3H3. The molecule has 1 aromatic carbocycles. The fraction of sp³-hybridized carbons (Fsp3) is 0.647. The molecule has 0 spiro atoms. The van der Waals surface area contributed by atoms with Crippen LogP contribution in [0.15, 0.2) is 12.1 Å². The number of benzene rings is 1. The number of morpholine rings is 1. The van der Waals surface area contributed by atoms with Gasteiger partial charge in [-0.2, -0.15) is 0 Å². The summed E-state index contributed by atoms with van der Waals surface area (Å²) in [4.78, 5) is 4.86. The van der Waals surface area contributed by atoms with Crippen LogP contribution in [0.4, 0.5) is 0 Å². The quantitative estimate of drug-likeness (QED) is 0.851. The zero-order chi connectivity index (χ0) is 14.8. The second-order valence-corrected chi connectivity index (χ2v) is 6.16. The summed E-state index contributed by atoms with van der Waals surface area (Å²) < 4.78 is 11.1. The van der Waals surface area contributed by atoms with E-state index in [4.69, 9.17) is 9.47 Å². The van der Waals surface area contributed by atoms with Crippen molar-refractivity contribution in [3.63, 3.8) is 0 Å². The van der Waals surface area contributed by atoms with Crippen LogP contribution in [0.25, 0.3) is 0 Å². The van der Waals surface area contributed by atoms with Gasteiger partial charge in [-0.15, -0.1) is 0 Å². The maximum Gasteiger partial charge on any atom is 0.123 e. The average Bonchev–Trinajstić information content (AvgIpc) is 2.52. The van der Waals surface area contributed by atoms with E-state index in [1.54, 1.807) is 7.11 Å². The van der Waals surface area contributed by atoms with Crippen LogP contribution in [0.2, 0.25) is 0 Å². The van der Waals surface area contributed by atoms with Gasteiger partial charge in [-0.1, -0.05) is 6.07 Å². The van der Waals surface area contributed by atoms with Gasteiger partial charge in [0.05, 0.1) is 20.3 Å². The van der Waals surface area contributed by atoms with Crippen molar-refractivity contribution < 1.29 is 9.47 Å². The van der Waals surface area contributed by atoms with Crippen LogP contribution in [0.5, 0.6) is 5.75 Å². The Kier molecular flexibility index (Phi) is 4.48. The molecular weight excluding hydrogens is 264 g/mol. The van der Waals surface area contributed by atoms with E-state index in [2.05, 4.69) is 35.9 Å². The molecule has 116 valence electrons. The van der Waals surface area contributed by atoms with E-state index >= 15 is 0 Å². The molecule has 1 saturated heterocycles. The number of fused-ring (bicyclic) bond motifs is 1. The molecule has 1 aromatic rings. The molecular formula is C17H26N2O2. The van der Waals surface area contributed by atoms with Gasteiger partial charge in [-0.3, -0.25) is 9.80 Å². The molecule has 1 unspecified atom stereocenters. The van der Waals surface area contributed by atoms with E-state index in [-0.39, 0.29) is 0 Å². The second kappa shape index (κ2) is 6.34. The van der Waals surface area contributed by atoms with Gasteiger partial charge in [0.25, 0.3) is 0 Å². The summed E-state index contributed by atoms with van der Waals surface area (Å²) in [5.74, 6) is 1.03. The van der Waals surface area contributed by atoms with Crippen molar-refractivity contribution in [3.8, 4) is 5.75 Å². The highest BCUT2D eigenvalue weighted by Crippen LogP contribution is 2.34. The molecule has 1 fully saturated rings. The zero-order valence-corrected chi connectivity index (χ0v) is 13.4. The van der Waals surface area contributed by atoms with Gasteiger partial charge in [0.2, 0.25) is 0 Å². The SMILES string of the molecule is COc1cc2c(cc1CN1CCOCC1)CCN(C)C2C. The van der Waals surface area contributed by atoms with Crippen LogP contribution in [0, 0.1) is 0 Å². The first-order valence-electron chi connectivity index (χ1n) is 7.89. The predicted molar refractivity (Wildman–Crippen MR) is 83.8 cm³/mol. The van der Waals surface area contributed by atoms with E-state index < -0.39 is 0 Å². The molecule has 4 nitrogen and oxygen atoms in total. The smallest absolute Gasteiger partial charge is 0.123 e. The molecule has 0 bridgehead atoms. The van der Waals surface area contributed by atoms with Crippen LogP contribution in [0.1, 0.15) is 29.7 Å². The van der Waals surface area contributed by atoms with Crippen LogP contribution in [-0.4, -0.2) is 56.8 Å². The minimum Gasteiger partial charge on any atom is -0.496 e. The summed E-state index contributed by atoms with van der Waals surface area (Å²) in [5, 5.41) is 0. The summed E-state index contributed by atoms with van der Waals surface area (Å²) in [6.07, 6.45) is 1.14. The van der Waals surface area contributed by atoms with Crippen LogP contribution < -0.4 is 4.74 Å². The third-order valence-corrected chi connectivity index (χ3v) is 4.89. The van der Waals surface area contributed by atoms with E-state index in [0.717, 1.165) is 51.6 Å². The molecule has 1 atom stereocenters. The number of hydrogen-bond acceptors (Lipinski definition) is 4. The van der Waals surface area contributed by atoms with Gasteiger partial charge in [-0.25, -0.2) is 0 Å². The van der Waals surface area contributed by atoms with Crippen molar-refractivity contribution in [2.45, 2.75) is 25.9 Å². The molecule has 0 saturated carbocycles. The minimum absolute atomic E-state index is 0.472. The van der Waals surface area contributed by atoms with Crippen molar-refractivity contribution in [2.24, 2.45) is 0 Å². The first kappa shape index (κ1) is 14.8. The fourth-order valence-corrected chi connectivity index (χ4v) is 3.34. The third-order valence-electron chi connectivity index (χ3n) is 4.89. The minimum atomic E-state index is 0.472. The first-order valence-corrected chi connectivity index (χ1v) is 7.89. The number of likely N-dealkylation sites (N-methyl/N-ethyl adjacent to an activating group) is 1. The molecule has 0 N–H and O–H groups in total. The number of rotatable bonds is 3. The van der Waals surface area contributed by atoms with Crippen molar-refractivity contribution in [1.29, 1.82) is 0 Å². The van der Waals surface area contributed by atoms with Crippen molar-refractivity contribution in [1.82, 2.24) is 9.80 Å². The number of hydrogen-bond donors (Lipinski definition) is 0. The number of methoxy groups -OCH3 is 1. The lowest BCUT2D eigenvalue weighted by atomic mass is 9.91. The topological polar surface area (TPSA) is 24.9 Å². The van der Waals surface area contributed by atoms with Gasteiger partial charge in [-0.05, 0) is 37.6 Å². The lowest BCUT2D eigenvalue weighted by molar-refractivity contribution is 0.0338. The number of ether oxygens (including phenoxy) is 2. The normalized spacial score (nSPS) is 23.9. The summed E-state index contributed by atoms with van der Waals surface area (Å²) >= 11 is 0.